The summed E-state index contributed by atoms with van der Waals surface area (Å²) >= 11 is 0. The molecule has 0 amide bonds. The first kappa shape index (κ1) is 29.3. The van der Waals surface area contributed by atoms with Crippen LogP contribution in [0.1, 0.15) is 32.3 Å². The zero-order valence-corrected chi connectivity index (χ0v) is 23.7. The van der Waals surface area contributed by atoms with Gasteiger partial charge in [-0.1, -0.05) is 12.1 Å². The first-order valence-corrected chi connectivity index (χ1v) is 13.7. The second kappa shape index (κ2) is 14.6. The number of methoxy groups -OCH3 is 2. The van der Waals surface area contributed by atoms with Crippen LogP contribution < -0.4 is 24.8 Å². The molecule has 1 aliphatic rings. The number of rotatable bonds is 14. The molecule has 0 atom stereocenters. The van der Waals surface area contributed by atoms with Gasteiger partial charge in [-0.05, 0) is 62.1 Å². The lowest BCUT2D eigenvalue weighted by Gasteiger charge is -2.32. The summed E-state index contributed by atoms with van der Waals surface area (Å²) in [7, 11) is 3.19. The predicted octanol–water partition coefficient (Wildman–Crippen LogP) is 4.62. The molecule has 4 rings (SSSR count). The summed E-state index contributed by atoms with van der Waals surface area (Å²) in [5.74, 6) is 2.14. The molecule has 0 spiro atoms. The molecular formula is C29H39FN6O4. The average molecular weight is 555 g/mol. The normalized spacial score (nSPS) is 14.1. The average Bonchev–Trinajstić information content (AvgIpc) is 2.95. The Morgan fingerprint density at radius 1 is 0.925 bits per heavy atom. The summed E-state index contributed by atoms with van der Waals surface area (Å²) in [6, 6.07) is 11.1. The van der Waals surface area contributed by atoms with Gasteiger partial charge < -0.3 is 29.6 Å². The Labute approximate surface area is 235 Å². The van der Waals surface area contributed by atoms with Gasteiger partial charge in [0.1, 0.15) is 17.3 Å². The number of hydrogen-bond donors (Lipinski definition) is 2. The van der Waals surface area contributed by atoms with Crippen molar-refractivity contribution in [1.29, 1.82) is 0 Å². The van der Waals surface area contributed by atoms with Crippen LogP contribution in [0.25, 0.3) is 11.1 Å². The van der Waals surface area contributed by atoms with E-state index >= 15 is 0 Å². The predicted molar refractivity (Wildman–Crippen MR) is 153 cm³/mol. The quantitative estimate of drug-likeness (QED) is 0.275. The van der Waals surface area contributed by atoms with E-state index in [9.17, 15) is 4.39 Å². The van der Waals surface area contributed by atoms with Gasteiger partial charge in [-0.15, -0.1) is 0 Å². The number of ether oxygens (including phenoxy) is 4. The van der Waals surface area contributed by atoms with E-state index in [-0.39, 0.29) is 17.9 Å². The number of benzene rings is 2. The van der Waals surface area contributed by atoms with Gasteiger partial charge in [-0.25, -0.2) is 4.39 Å². The van der Waals surface area contributed by atoms with Gasteiger partial charge in [0.2, 0.25) is 11.9 Å². The van der Waals surface area contributed by atoms with Crippen LogP contribution in [0.5, 0.6) is 17.5 Å². The Morgan fingerprint density at radius 2 is 1.57 bits per heavy atom. The highest BCUT2D eigenvalue weighted by Gasteiger charge is 2.22. The SMILES string of the molecule is CCOc1cc(CN2CCC(Nc3nc(NCCOC)nc(OC)n3)CC2)cc(OCC)c1-c1ccc(F)cc1. The molecule has 11 heteroatoms. The summed E-state index contributed by atoms with van der Waals surface area (Å²) in [5, 5.41) is 6.57. The number of hydrogen-bond acceptors (Lipinski definition) is 10. The third-order valence-corrected chi connectivity index (χ3v) is 6.57. The number of aromatic nitrogens is 3. The van der Waals surface area contributed by atoms with Crippen molar-refractivity contribution in [2.45, 2.75) is 39.3 Å². The molecule has 0 bridgehead atoms. The third-order valence-electron chi connectivity index (χ3n) is 6.57. The molecule has 216 valence electrons. The van der Waals surface area contributed by atoms with E-state index in [0.717, 1.165) is 60.7 Å². The highest BCUT2D eigenvalue weighted by atomic mass is 19.1. The molecule has 0 aliphatic carbocycles. The van der Waals surface area contributed by atoms with Crippen molar-refractivity contribution in [3.05, 3.63) is 47.8 Å². The van der Waals surface area contributed by atoms with Crippen molar-refractivity contribution in [2.75, 3.05) is 64.3 Å². The Morgan fingerprint density at radius 3 is 2.17 bits per heavy atom. The largest absolute Gasteiger partial charge is 0.493 e. The van der Waals surface area contributed by atoms with Crippen LogP contribution in [0.3, 0.4) is 0 Å². The van der Waals surface area contributed by atoms with E-state index < -0.39 is 0 Å². The van der Waals surface area contributed by atoms with Gasteiger partial charge in [0.25, 0.3) is 0 Å². The van der Waals surface area contributed by atoms with E-state index in [0.29, 0.717) is 38.3 Å². The zero-order valence-electron chi connectivity index (χ0n) is 23.7. The van der Waals surface area contributed by atoms with Crippen LogP contribution >= 0.6 is 0 Å². The number of nitrogens with zero attached hydrogens (tertiary/aromatic N) is 4. The van der Waals surface area contributed by atoms with Crippen molar-refractivity contribution in [3.63, 3.8) is 0 Å². The summed E-state index contributed by atoms with van der Waals surface area (Å²) < 4.78 is 36.0. The van der Waals surface area contributed by atoms with Crippen molar-refractivity contribution in [2.24, 2.45) is 0 Å². The standard InChI is InChI=1S/C29H39FN6O4/c1-5-39-24-17-20(18-25(40-6-2)26(24)21-7-9-22(30)10-8-21)19-36-14-11-23(12-15-36)32-28-33-27(31-13-16-37-3)34-29(35-28)38-4/h7-10,17-18,23H,5-6,11-16,19H2,1-4H3,(H2,31,32,33,34,35). The maximum atomic E-state index is 13.6. The lowest BCUT2D eigenvalue weighted by Crippen LogP contribution is -2.39. The summed E-state index contributed by atoms with van der Waals surface area (Å²) in [6.07, 6.45) is 1.87. The van der Waals surface area contributed by atoms with Crippen molar-refractivity contribution < 1.29 is 23.3 Å². The molecule has 0 saturated carbocycles. The van der Waals surface area contributed by atoms with Gasteiger partial charge in [0.15, 0.2) is 0 Å². The van der Waals surface area contributed by atoms with Gasteiger partial charge in [-0.2, -0.15) is 15.0 Å². The second-order valence-corrected chi connectivity index (χ2v) is 9.42. The van der Waals surface area contributed by atoms with Crippen LogP contribution in [0.4, 0.5) is 16.3 Å². The second-order valence-electron chi connectivity index (χ2n) is 9.42. The summed E-state index contributed by atoms with van der Waals surface area (Å²) in [6.45, 7) is 8.67. The fourth-order valence-corrected chi connectivity index (χ4v) is 4.71. The van der Waals surface area contributed by atoms with Crippen LogP contribution in [0.2, 0.25) is 0 Å². The minimum Gasteiger partial charge on any atom is -0.493 e. The molecule has 0 radical (unpaired) electrons. The Bertz CT molecular complexity index is 1190. The van der Waals surface area contributed by atoms with E-state index in [1.54, 1.807) is 19.2 Å². The maximum absolute atomic E-state index is 13.6. The van der Waals surface area contributed by atoms with Crippen molar-refractivity contribution in [1.82, 2.24) is 19.9 Å². The van der Waals surface area contributed by atoms with E-state index in [4.69, 9.17) is 18.9 Å². The molecule has 1 saturated heterocycles. The molecule has 10 nitrogen and oxygen atoms in total. The first-order chi connectivity index (χ1) is 19.5. The molecule has 2 N–H and O–H groups in total. The monoisotopic (exact) mass is 554 g/mol. The van der Waals surface area contributed by atoms with Crippen molar-refractivity contribution in [3.8, 4) is 28.6 Å². The lowest BCUT2D eigenvalue weighted by atomic mass is 9.99. The highest BCUT2D eigenvalue weighted by Crippen LogP contribution is 2.40. The third kappa shape index (κ3) is 7.92. The molecule has 40 heavy (non-hydrogen) atoms. The number of likely N-dealkylation sites (tertiary alicyclic amines) is 1. The fourth-order valence-electron chi connectivity index (χ4n) is 4.71. The molecule has 0 unspecified atom stereocenters. The minimum atomic E-state index is -0.275. The number of anilines is 2. The number of halogens is 1. The Hall–Kier alpha value is -3.70. The Kier molecular flexibility index (Phi) is 10.7. The van der Waals surface area contributed by atoms with Crippen LogP contribution in [0, 0.1) is 5.82 Å². The Balaban J connectivity index is 1.42. The maximum Gasteiger partial charge on any atom is 0.322 e. The molecule has 1 aromatic heterocycles. The molecule has 2 heterocycles. The molecule has 2 aromatic carbocycles. The lowest BCUT2D eigenvalue weighted by molar-refractivity contribution is 0.210. The van der Waals surface area contributed by atoms with Crippen molar-refractivity contribution >= 4 is 11.9 Å². The highest BCUT2D eigenvalue weighted by molar-refractivity contribution is 5.77. The topological polar surface area (TPSA) is 103 Å². The molecular weight excluding hydrogens is 515 g/mol. The fraction of sp³-hybridized carbons (Fsp3) is 0.483. The number of piperidine rings is 1. The van der Waals surface area contributed by atoms with Gasteiger partial charge >= 0.3 is 6.01 Å². The molecule has 1 fully saturated rings. The van der Waals surface area contributed by atoms with Gasteiger partial charge in [0, 0.05) is 39.3 Å². The van der Waals surface area contributed by atoms with Gasteiger partial charge in [-0.3, -0.25) is 4.90 Å². The van der Waals surface area contributed by atoms with E-state index in [1.807, 2.05) is 13.8 Å². The van der Waals surface area contributed by atoms with E-state index in [1.165, 1.54) is 19.2 Å². The van der Waals surface area contributed by atoms with Gasteiger partial charge in [0.05, 0.1) is 32.5 Å². The summed E-state index contributed by atoms with van der Waals surface area (Å²) in [4.78, 5) is 15.5. The van der Waals surface area contributed by atoms with Crippen LogP contribution in [-0.4, -0.2) is 79.6 Å². The first-order valence-electron chi connectivity index (χ1n) is 13.7. The number of nitrogens with one attached hydrogen (secondary N) is 2. The minimum absolute atomic E-state index is 0.231. The molecule has 1 aliphatic heterocycles. The van der Waals surface area contributed by atoms with Crippen LogP contribution in [-0.2, 0) is 11.3 Å². The summed E-state index contributed by atoms with van der Waals surface area (Å²) in [5.41, 5.74) is 2.82. The smallest absolute Gasteiger partial charge is 0.322 e. The molecule has 3 aromatic rings. The van der Waals surface area contributed by atoms with E-state index in [2.05, 4.69) is 42.6 Å². The zero-order chi connectivity index (χ0) is 28.3. The van der Waals surface area contributed by atoms with Crippen LogP contribution in [0.15, 0.2) is 36.4 Å².